The molecular weight excluding hydrogens is 592 g/mol. The van der Waals surface area contributed by atoms with Crippen LogP contribution in [0.25, 0.3) is 10.8 Å². The number of ketones is 1. The number of benzene rings is 4. The Kier molecular flexibility index (Phi) is 9.64. The highest BCUT2D eigenvalue weighted by atomic mass is 16.5. The van der Waals surface area contributed by atoms with E-state index in [2.05, 4.69) is 20.9 Å². The van der Waals surface area contributed by atoms with E-state index in [1.54, 1.807) is 12.3 Å². The number of hydrogen-bond acceptors (Lipinski definition) is 7. The number of urea groups is 1. The van der Waals surface area contributed by atoms with Crippen molar-refractivity contribution in [2.75, 3.05) is 36.3 Å². The Balaban J connectivity index is 1.22. The number of rotatable bonds is 11. The van der Waals surface area contributed by atoms with E-state index in [1.165, 1.54) is 7.11 Å². The third-order valence-electron chi connectivity index (χ3n) is 8.17. The molecule has 1 atom stereocenters. The predicted molar refractivity (Wildman–Crippen MR) is 186 cm³/mol. The van der Waals surface area contributed by atoms with Gasteiger partial charge in [0.15, 0.2) is 11.5 Å². The standard InChI is InChI=1S/C38H38N4O5/c1-24(2)26-20-31(34(43)19-25-16-18-46-23-25)37(45-3)33(21-26)42-38(44)41-32-13-14-35(30-12-8-7-11-29(30)32)47-28-15-17-39-36(22-28)40-27-9-5-4-6-10-27/h4-15,17,20-22,24-25H,16,18-19,23H2,1-3H3,(H,39,40)(H2,41,42,44)/t25-/m1/s1. The largest absolute Gasteiger partial charge is 0.494 e. The molecule has 4 aromatic carbocycles. The van der Waals surface area contributed by atoms with Crippen LogP contribution in [0.15, 0.2) is 97.2 Å². The average Bonchev–Trinajstić information content (AvgIpc) is 3.59. The van der Waals surface area contributed by atoms with Crippen molar-refractivity contribution in [3.8, 4) is 17.2 Å². The third kappa shape index (κ3) is 7.53. The first-order valence-electron chi connectivity index (χ1n) is 15.8. The van der Waals surface area contributed by atoms with Gasteiger partial charge >= 0.3 is 6.03 Å². The summed E-state index contributed by atoms with van der Waals surface area (Å²) in [7, 11) is 1.51. The van der Waals surface area contributed by atoms with Crippen molar-refractivity contribution in [1.29, 1.82) is 0 Å². The lowest BCUT2D eigenvalue weighted by atomic mass is 9.93. The summed E-state index contributed by atoms with van der Waals surface area (Å²) in [5.74, 6) is 2.54. The highest BCUT2D eigenvalue weighted by Gasteiger charge is 2.25. The fraction of sp³-hybridized carbons (Fsp3) is 0.237. The Morgan fingerprint density at radius 3 is 2.43 bits per heavy atom. The number of para-hydroxylation sites is 1. The Morgan fingerprint density at radius 2 is 1.68 bits per heavy atom. The Bertz CT molecular complexity index is 1890. The molecule has 1 aromatic heterocycles. The quantitative estimate of drug-likeness (QED) is 0.125. The molecular formula is C38H38N4O5. The summed E-state index contributed by atoms with van der Waals surface area (Å²) in [5, 5.41) is 10.8. The van der Waals surface area contributed by atoms with Gasteiger partial charge in [0.25, 0.3) is 0 Å². The highest BCUT2D eigenvalue weighted by molar-refractivity contribution is 6.09. The molecule has 47 heavy (non-hydrogen) atoms. The highest BCUT2D eigenvalue weighted by Crippen LogP contribution is 2.37. The maximum absolute atomic E-state index is 13.5. The minimum absolute atomic E-state index is 0.0259. The fourth-order valence-corrected chi connectivity index (χ4v) is 5.71. The molecule has 9 nitrogen and oxygen atoms in total. The second-order valence-corrected chi connectivity index (χ2v) is 11.9. The zero-order valence-corrected chi connectivity index (χ0v) is 26.7. The summed E-state index contributed by atoms with van der Waals surface area (Å²) in [4.78, 5) is 31.3. The van der Waals surface area contributed by atoms with Gasteiger partial charge in [0.1, 0.15) is 17.3 Å². The van der Waals surface area contributed by atoms with E-state index in [4.69, 9.17) is 14.2 Å². The van der Waals surface area contributed by atoms with Crippen LogP contribution in [0.1, 0.15) is 48.5 Å². The van der Waals surface area contributed by atoms with Gasteiger partial charge in [0.2, 0.25) is 0 Å². The molecule has 0 spiro atoms. The van der Waals surface area contributed by atoms with E-state index < -0.39 is 6.03 Å². The van der Waals surface area contributed by atoms with Gasteiger partial charge in [0.05, 0.1) is 24.0 Å². The molecule has 2 heterocycles. The molecule has 1 aliphatic heterocycles. The Hall–Kier alpha value is -5.41. The zero-order valence-electron chi connectivity index (χ0n) is 26.7. The smallest absolute Gasteiger partial charge is 0.323 e. The van der Waals surface area contributed by atoms with Crippen molar-refractivity contribution in [3.63, 3.8) is 0 Å². The van der Waals surface area contributed by atoms with Crippen LogP contribution in [-0.2, 0) is 4.74 Å². The molecule has 0 unspecified atom stereocenters. The lowest BCUT2D eigenvalue weighted by molar-refractivity contribution is 0.0949. The maximum atomic E-state index is 13.5. The minimum atomic E-state index is -0.462. The number of pyridine rings is 1. The van der Waals surface area contributed by atoms with Gasteiger partial charge < -0.3 is 30.2 Å². The molecule has 9 heteroatoms. The summed E-state index contributed by atoms with van der Waals surface area (Å²) >= 11 is 0. The molecule has 0 aliphatic carbocycles. The van der Waals surface area contributed by atoms with Gasteiger partial charge in [-0.15, -0.1) is 0 Å². The molecule has 240 valence electrons. The van der Waals surface area contributed by atoms with E-state index >= 15 is 0 Å². The van der Waals surface area contributed by atoms with Crippen molar-refractivity contribution >= 4 is 45.5 Å². The van der Waals surface area contributed by atoms with Crippen molar-refractivity contribution in [2.24, 2.45) is 5.92 Å². The SMILES string of the molecule is COc1c(NC(=O)Nc2ccc(Oc3ccnc(Nc4ccccc4)c3)c3ccccc23)cc(C(C)C)cc1C(=O)C[C@H]1CCOC1. The first kappa shape index (κ1) is 31.6. The summed E-state index contributed by atoms with van der Waals surface area (Å²) < 4.78 is 17.5. The number of anilines is 4. The van der Waals surface area contributed by atoms with E-state index in [0.29, 0.717) is 59.6 Å². The van der Waals surface area contributed by atoms with Crippen LogP contribution < -0.4 is 25.4 Å². The van der Waals surface area contributed by atoms with Gasteiger partial charge in [-0.05, 0) is 66.3 Å². The number of carbonyl (C=O) groups is 2. The number of nitrogens with zero attached hydrogens (tertiary/aromatic N) is 1. The Morgan fingerprint density at radius 1 is 0.915 bits per heavy atom. The normalized spacial score (nSPS) is 14.2. The van der Waals surface area contributed by atoms with Crippen LogP contribution in [0, 0.1) is 5.92 Å². The predicted octanol–water partition coefficient (Wildman–Crippen LogP) is 9.16. The van der Waals surface area contributed by atoms with Gasteiger partial charge in [-0.2, -0.15) is 0 Å². The van der Waals surface area contributed by atoms with Crippen molar-refractivity contribution < 1.29 is 23.8 Å². The van der Waals surface area contributed by atoms with Crippen molar-refractivity contribution in [1.82, 2.24) is 4.98 Å². The first-order valence-corrected chi connectivity index (χ1v) is 15.8. The van der Waals surface area contributed by atoms with E-state index in [0.717, 1.165) is 28.4 Å². The number of aromatic nitrogens is 1. The molecule has 0 saturated carbocycles. The fourth-order valence-electron chi connectivity index (χ4n) is 5.71. The van der Waals surface area contributed by atoms with Gasteiger partial charge in [0, 0.05) is 48.4 Å². The monoisotopic (exact) mass is 630 g/mol. The van der Waals surface area contributed by atoms with E-state index in [9.17, 15) is 9.59 Å². The summed E-state index contributed by atoms with van der Waals surface area (Å²) in [6, 6.07) is 28.0. The lowest BCUT2D eigenvalue weighted by Gasteiger charge is -2.19. The summed E-state index contributed by atoms with van der Waals surface area (Å²) in [6.45, 7) is 5.35. The molecule has 5 aromatic rings. The zero-order chi connectivity index (χ0) is 32.8. The van der Waals surface area contributed by atoms with Crippen LogP contribution in [-0.4, -0.2) is 37.1 Å². The van der Waals surface area contributed by atoms with E-state index in [-0.39, 0.29) is 17.6 Å². The molecule has 1 aliphatic rings. The summed E-state index contributed by atoms with van der Waals surface area (Å²) in [6.07, 6.45) is 2.92. The molecule has 0 radical (unpaired) electrons. The molecule has 1 fully saturated rings. The van der Waals surface area contributed by atoms with Crippen LogP contribution >= 0.6 is 0 Å². The lowest BCUT2D eigenvalue weighted by Crippen LogP contribution is -2.21. The number of carbonyl (C=O) groups excluding carboxylic acids is 2. The average molecular weight is 631 g/mol. The van der Waals surface area contributed by atoms with Crippen molar-refractivity contribution in [2.45, 2.75) is 32.6 Å². The van der Waals surface area contributed by atoms with Gasteiger partial charge in [-0.1, -0.05) is 56.3 Å². The number of nitrogens with one attached hydrogen (secondary N) is 3. The van der Waals surface area contributed by atoms with Crippen molar-refractivity contribution in [3.05, 3.63) is 108 Å². The van der Waals surface area contributed by atoms with Gasteiger partial charge in [-0.25, -0.2) is 9.78 Å². The topological polar surface area (TPSA) is 111 Å². The van der Waals surface area contributed by atoms with Crippen LogP contribution in [0.3, 0.4) is 0 Å². The second-order valence-electron chi connectivity index (χ2n) is 11.9. The number of amides is 2. The number of Topliss-reactive ketones (excluding diaryl/α,β-unsaturated/α-hetero) is 1. The molecule has 2 amide bonds. The Labute approximate surface area is 274 Å². The number of hydrogen-bond donors (Lipinski definition) is 3. The maximum Gasteiger partial charge on any atom is 0.323 e. The molecule has 1 saturated heterocycles. The number of methoxy groups -OCH3 is 1. The minimum Gasteiger partial charge on any atom is -0.494 e. The van der Waals surface area contributed by atoms with Crippen LogP contribution in [0.4, 0.5) is 27.7 Å². The molecule has 0 bridgehead atoms. The summed E-state index contributed by atoms with van der Waals surface area (Å²) in [5.41, 5.74) is 3.35. The molecule has 3 N–H and O–H groups in total. The first-order chi connectivity index (χ1) is 22.9. The molecule has 6 rings (SSSR count). The van der Waals surface area contributed by atoms with Gasteiger partial charge in [-0.3, -0.25) is 4.79 Å². The number of fused-ring (bicyclic) bond motifs is 1. The second kappa shape index (κ2) is 14.3. The van der Waals surface area contributed by atoms with Crippen LogP contribution in [0.2, 0.25) is 0 Å². The third-order valence-corrected chi connectivity index (χ3v) is 8.17. The van der Waals surface area contributed by atoms with Crippen LogP contribution in [0.5, 0.6) is 17.2 Å². The number of ether oxygens (including phenoxy) is 3. The van der Waals surface area contributed by atoms with E-state index in [1.807, 2.05) is 98.8 Å².